The predicted octanol–water partition coefficient (Wildman–Crippen LogP) is 2.76. The molecule has 1 aromatic carbocycles. The van der Waals surface area contributed by atoms with Gasteiger partial charge in [0.15, 0.2) is 0 Å². The highest BCUT2D eigenvalue weighted by molar-refractivity contribution is 5.70. The summed E-state index contributed by atoms with van der Waals surface area (Å²) < 4.78 is 10.5. The maximum absolute atomic E-state index is 11.1. The van der Waals surface area contributed by atoms with Gasteiger partial charge in [-0.05, 0) is 31.4 Å². The topological polar surface area (TPSA) is 67.8 Å². The Morgan fingerprint density at radius 1 is 1.30 bits per heavy atom. The SMILES string of the molecule is COc1ccc(OC)c(NC2CCCC(C(=O)O)C2)c1. The summed E-state index contributed by atoms with van der Waals surface area (Å²) in [6.07, 6.45) is 3.32. The Balaban J connectivity index is 2.10. The Hall–Kier alpha value is -1.91. The fourth-order valence-electron chi connectivity index (χ4n) is 2.69. The molecule has 2 rings (SSSR count). The summed E-state index contributed by atoms with van der Waals surface area (Å²) in [5.41, 5.74) is 0.850. The van der Waals surface area contributed by atoms with Crippen molar-refractivity contribution in [3.05, 3.63) is 18.2 Å². The molecule has 0 aromatic heterocycles. The number of carbonyl (C=O) groups is 1. The summed E-state index contributed by atoms with van der Waals surface area (Å²) in [5, 5.41) is 12.5. The van der Waals surface area contributed by atoms with Crippen molar-refractivity contribution in [1.29, 1.82) is 0 Å². The molecule has 0 bridgehead atoms. The summed E-state index contributed by atoms with van der Waals surface area (Å²) in [6, 6.07) is 5.72. The van der Waals surface area contributed by atoms with Crippen molar-refractivity contribution in [2.75, 3.05) is 19.5 Å². The van der Waals surface area contributed by atoms with E-state index in [1.54, 1.807) is 14.2 Å². The number of rotatable bonds is 5. The smallest absolute Gasteiger partial charge is 0.306 e. The van der Waals surface area contributed by atoms with E-state index in [4.69, 9.17) is 14.6 Å². The van der Waals surface area contributed by atoms with Gasteiger partial charge in [0.1, 0.15) is 11.5 Å². The van der Waals surface area contributed by atoms with Gasteiger partial charge < -0.3 is 19.9 Å². The van der Waals surface area contributed by atoms with Crippen LogP contribution in [0.4, 0.5) is 5.69 Å². The van der Waals surface area contributed by atoms with Crippen LogP contribution in [0.3, 0.4) is 0 Å². The summed E-state index contributed by atoms with van der Waals surface area (Å²) in [6.45, 7) is 0. The van der Waals surface area contributed by atoms with Crippen LogP contribution >= 0.6 is 0 Å². The van der Waals surface area contributed by atoms with Crippen LogP contribution in [-0.2, 0) is 4.79 Å². The molecule has 1 fully saturated rings. The molecule has 5 nitrogen and oxygen atoms in total. The molecule has 0 heterocycles. The highest BCUT2D eigenvalue weighted by Crippen LogP contribution is 2.33. The van der Waals surface area contributed by atoms with E-state index in [0.29, 0.717) is 6.42 Å². The van der Waals surface area contributed by atoms with Gasteiger partial charge in [0, 0.05) is 12.1 Å². The number of aliphatic carboxylic acids is 1. The molecule has 2 atom stereocenters. The third kappa shape index (κ3) is 3.35. The molecule has 0 radical (unpaired) electrons. The van der Waals surface area contributed by atoms with Gasteiger partial charge in [-0.15, -0.1) is 0 Å². The maximum Gasteiger partial charge on any atom is 0.306 e. The van der Waals surface area contributed by atoms with Crippen LogP contribution in [0.2, 0.25) is 0 Å². The number of hydrogen-bond donors (Lipinski definition) is 2. The van der Waals surface area contributed by atoms with Gasteiger partial charge in [-0.1, -0.05) is 6.42 Å². The van der Waals surface area contributed by atoms with Crippen molar-refractivity contribution in [1.82, 2.24) is 0 Å². The minimum absolute atomic E-state index is 0.158. The first kappa shape index (κ1) is 14.5. The number of anilines is 1. The molecule has 0 spiro atoms. The minimum atomic E-state index is -0.700. The Morgan fingerprint density at radius 2 is 2.10 bits per heavy atom. The van der Waals surface area contributed by atoms with Crippen LogP contribution < -0.4 is 14.8 Å². The van der Waals surface area contributed by atoms with Gasteiger partial charge in [0.2, 0.25) is 0 Å². The van der Waals surface area contributed by atoms with E-state index in [1.165, 1.54) is 0 Å². The second kappa shape index (κ2) is 6.50. The summed E-state index contributed by atoms with van der Waals surface area (Å²) in [5.74, 6) is 0.536. The standard InChI is InChI=1S/C15H21NO4/c1-19-12-6-7-14(20-2)13(9-12)16-11-5-3-4-10(8-11)15(17)18/h6-7,9-11,16H,3-5,8H2,1-2H3,(H,17,18). The summed E-state index contributed by atoms with van der Waals surface area (Å²) in [4.78, 5) is 11.1. The van der Waals surface area contributed by atoms with Crippen LogP contribution in [0, 0.1) is 5.92 Å². The van der Waals surface area contributed by atoms with Crippen molar-refractivity contribution in [3.8, 4) is 11.5 Å². The summed E-state index contributed by atoms with van der Waals surface area (Å²) in [7, 11) is 3.24. The number of nitrogens with one attached hydrogen (secondary N) is 1. The monoisotopic (exact) mass is 279 g/mol. The number of carboxylic acids is 1. The third-order valence-electron chi connectivity index (χ3n) is 3.79. The molecule has 1 aromatic rings. The lowest BCUT2D eigenvalue weighted by molar-refractivity contribution is -0.142. The molecule has 110 valence electrons. The molecule has 1 saturated carbocycles. The predicted molar refractivity (Wildman–Crippen MR) is 76.6 cm³/mol. The van der Waals surface area contributed by atoms with Crippen molar-refractivity contribution >= 4 is 11.7 Å². The highest BCUT2D eigenvalue weighted by atomic mass is 16.5. The van der Waals surface area contributed by atoms with Gasteiger partial charge in [0.25, 0.3) is 0 Å². The molecule has 1 aliphatic carbocycles. The highest BCUT2D eigenvalue weighted by Gasteiger charge is 2.27. The quantitative estimate of drug-likeness (QED) is 0.867. The fraction of sp³-hybridized carbons (Fsp3) is 0.533. The Bertz CT molecular complexity index is 475. The normalized spacial score (nSPS) is 22.1. The lowest BCUT2D eigenvalue weighted by atomic mass is 9.85. The van der Waals surface area contributed by atoms with Crippen molar-refractivity contribution in [2.24, 2.45) is 5.92 Å². The first-order valence-corrected chi connectivity index (χ1v) is 6.85. The lowest BCUT2D eigenvalue weighted by Crippen LogP contribution is -2.31. The molecule has 2 N–H and O–H groups in total. The largest absolute Gasteiger partial charge is 0.497 e. The second-order valence-corrected chi connectivity index (χ2v) is 5.11. The first-order valence-electron chi connectivity index (χ1n) is 6.85. The number of hydrogen-bond acceptors (Lipinski definition) is 4. The average Bonchev–Trinajstić information content (AvgIpc) is 2.47. The number of methoxy groups -OCH3 is 2. The molecule has 20 heavy (non-hydrogen) atoms. The van der Waals surface area contributed by atoms with Crippen LogP contribution in [-0.4, -0.2) is 31.3 Å². The average molecular weight is 279 g/mol. The zero-order chi connectivity index (χ0) is 14.5. The second-order valence-electron chi connectivity index (χ2n) is 5.11. The van der Waals surface area contributed by atoms with Crippen molar-refractivity contribution < 1.29 is 19.4 Å². The van der Waals surface area contributed by atoms with E-state index >= 15 is 0 Å². The molecule has 2 unspecified atom stereocenters. The lowest BCUT2D eigenvalue weighted by Gasteiger charge is -2.28. The van der Waals surface area contributed by atoms with E-state index in [-0.39, 0.29) is 12.0 Å². The van der Waals surface area contributed by atoms with Crippen LogP contribution in [0.15, 0.2) is 18.2 Å². The number of carboxylic acid groups (broad SMARTS) is 1. The molecular formula is C15H21NO4. The van der Waals surface area contributed by atoms with E-state index < -0.39 is 5.97 Å². The van der Waals surface area contributed by atoms with E-state index in [2.05, 4.69) is 5.32 Å². The Kier molecular flexibility index (Phi) is 4.71. The third-order valence-corrected chi connectivity index (χ3v) is 3.79. The van der Waals surface area contributed by atoms with Crippen molar-refractivity contribution in [2.45, 2.75) is 31.7 Å². The zero-order valence-corrected chi connectivity index (χ0v) is 11.9. The molecule has 0 saturated heterocycles. The van der Waals surface area contributed by atoms with Crippen LogP contribution in [0.5, 0.6) is 11.5 Å². The van der Waals surface area contributed by atoms with Crippen LogP contribution in [0.1, 0.15) is 25.7 Å². The van der Waals surface area contributed by atoms with Gasteiger partial charge in [-0.25, -0.2) is 0 Å². The fourth-order valence-corrected chi connectivity index (χ4v) is 2.69. The number of ether oxygens (including phenoxy) is 2. The molecular weight excluding hydrogens is 258 g/mol. The number of benzene rings is 1. The van der Waals surface area contributed by atoms with Gasteiger partial charge in [-0.2, -0.15) is 0 Å². The zero-order valence-electron chi connectivity index (χ0n) is 11.9. The van der Waals surface area contributed by atoms with Gasteiger partial charge in [-0.3, -0.25) is 4.79 Å². The van der Waals surface area contributed by atoms with E-state index in [0.717, 1.165) is 36.4 Å². The molecule has 0 amide bonds. The maximum atomic E-state index is 11.1. The van der Waals surface area contributed by atoms with Crippen LogP contribution in [0.25, 0.3) is 0 Å². The first-order chi connectivity index (χ1) is 9.63. The Labute approximate surface area is 118 Å². The minimum Gasteiger partial charge on any atom is -0.497 e. The van der Waals surface area contributed by atoms with E-state index in [9.17, 15) is 4.79 Å². The molecule has 1 aliphatic rings. The summed E-state index contributed by atoms with van der Waals surface area (Å²) >= 11 is 0. The molecule has 0 aliphatic heterocycles. The molecule has 5 heteroatoms. The van der Waals surface area contributed by atoms with Gasteiger partial charge >= 0.3 is 5.97 Å². The van der Waals surface area contributed by atoms with Gasteiger partial charge in [0.05, 0.1) is 25.8 Å². The van der Waals surface area contributed by atoms with E-state index in [1.807, 2.05) is 18.2 Å². The van der Waals surface area contributed by atoms with Crippen molar-refractivity contribution in [3.63, 3.8) is 0 Å². The Morgan fingerprint density at radius 3 is 2.75 bits per heavy atom.